The Bertz CT molecular complexity index is 522. The first-order valence-electron chi connectivity index (χ1n) is 3.63. The zero-order valence-electron chi connectivity index (χ0n) is 7.42. The smallest absolute Gasteiger partial charge is 0.253 e. The number of hydrogen-bond acceptors (Lipinski definition) is 3. The van der Waals surface area contributed by atoms with Crippen LogP contribution in [0.25, 0.3) is 0 Å². The fourth-order valence-electron chi connectivity index (χ4n) is 0.970. The van der Waals surface area contributed by atoms with Crippen LogP contribution in [0.15, 0.2) is 17.0 Å². The lowest BCUT2D eigenvalue weighted by molar-refractivity contribution is 0.108. The van der Waals surface area contributed by atoms with Gasteiger partial charge in [0.25, 0.3) is 5.24 Å². The third kappa shape index (κ3) is 2.64. The highest BCUT2D eigenvalue weighted by atomic mass is 35.5. The SMILES string of the molecule is CS(=O)(=O)c1ccc(C(=O)Cl)c(Cl)c1Cl. The highest BCUT2D eigenvalue weighted by Crippen LogP contribution is 2.32. The molecule has 82 valence electrons. The van der Waals surface area contributed by atoms with Crippen molar-refractivity contribution in [1.82, 2.24) is 0 Å². The minimum absolute atomic E-state index is 0.0178. The van der Waals surface area contributed by atoms with Gasteiger partial charge in [-0.1, -0.05) is 23.2 Å². The van der Waals surface area contributed by atoms with Crippen LogP contribution in [0.3, 0.4) is 0 Å². The second-order valence-electron chi connectivity index (χ2n) is 2.79. The van der Waals surface area contributed by atoms with Gasteiger partial charge in [0.2, 0.25) is 0 Å². The maximum Gasteiger partial charge on any atom is 0.253 e. The Hall–Kier alpha value is -0.290. The molecule has 0 aliphatic carbocycles. The van der Waals surface area contributed by atoms with E-state index >= 15 is 0 Å². The highest BCUT2D eigenvalue weighted by molar-refractivity contribution is 7.90. The Balaban J connectivity index is 3.55. The molecule has 0 amide bonds. The van der Waals surface area contributed by atoms with E-state index in [-0.39, 0.29) is 20.5 Å². The first-order chi connectivity index (χ1) is 6.75. The maximum absolute atomic E-state index is 11.2. The molecule has 0 unspecified atom stereocenters. The summed E-state index contributed by atoms with van der Waals surface area (Å²) in [4.78, 5) is 10.7. The highest BCUT2D eigenvalue weighted by Gasteiger charge is 2.19. The number of benzene rings is 1. The minimum atomic E-state index is -3.47. The fraction of sp³-hybridized carbons (Fsp3) is 0.125. The van der Waals surface area contributed by atoms with Gasteiger partial charge in [-0.3, -0.25) is 4.79 Å². The number of carbonyl (C=O) groups excluding carboxylic acids is 1. The normalized spacial score (nSPS) is 11.5. The first kappa shape index (κ1) is 12.8. The molecule has 0 heterocycles. The average molecular weight is 288 g/mol. The third-order valence-corrected chi connectivity index (χ3v) is 3.99. The zero-order chi connectivity index (χ0) is 11.8. The predicted octanol–water partition coefficient (Wildman–Crippen LogP) is 2.78. The minimum Gasteiger partial charge on any atom is -0.276 e. The van der Waals surface area contributed by atoms with Crippen LogP contribution in [-0.2, 0) is 9.84 Å². The molecule has 7 heteroatoms. The van der Waals surface area contributed by atoms with Crippen LogP contribution in [0.2, 0.25) is 10.0 Å². The van der Waals surface area contributed by atoms with Gasteiger partial charge < -0.3 is 0 Å². The fourth-order valence-corrected chi connectivity index (χ4v) is 2.81. The Morgan fingerprint density at radius 2 is 1.73 bits per heavy atom. The number of rotatable bonds is 2. The summed E-state index contributed by atoms with van der Waals surface area (Å²) in [5.41, 5.74) is -0.0178. The van der Waals surface area contributed by atoms with E-state index in [4.69, 9.17) is 34.8 Å². The van der Waals surface area contributed by atoms with Gasteiger partial charge in [0.15, 0.2) is 9.84 Å². The van der Waals surface area contributed by atoms with Crippen molar-refractivity contribution in [2.24, 2.45) is 0 Å². The molecule has 1 rings (SSSR count). The molecule has 0 aromatic heterocycles. The molecule has 0 radical (unpaired) electrons. The first-order valence-corrected chi connectivity index (χ1v) is 6.65. The zero-order valence-corrected chi connectivity index (χ0v) is 10.5. The van der Waals surface area contributed by atoms with Crippen LogP contribution >= 0.6 is 34.8 Å². The molecule has 0 aliphatic heterocycles. The summed E-state index contributed by atoms with van der Waals surface area (Å²) in [5, 5.41) is -1.13. The Morgan fingerprint density at radius 3 is 2.13 bits per heavy atom. The van der Waals surface area contributed by atoms with Gasteiger partial charge >= 0.3 is 0 Å². The van der Waals surface area contributed by atoms with Gasteiger partial charge in [0.05, 0.1) is 20.5 Å². The van der Waals surface area contributed by atoms with Crippen LogP contribution in [0.4, 0.5) is 0 Å². The van der Waals surface area contributed by atoms with Crippen LogP contribution in [0, 0.1) is 0 Å². The largest absolute Gasteiger partial charge is 0.276 e. The van der Waals surface area contributed by atoms with E-state index in [0.29, 0.717) is 0 Å². The third-order valence-electron chi connectivity index (χ3n) is 1.66. The molecule has 0 saturated heterocycles. The van der Waals surface area contributed by atoms with Crippen molar-refractivity contribution in [3.8, 4) is 0 Å². The molecular formula is C8H5Cl3O3S. The number of sulfone groups is 1. The summed E-state index contributed by atoms with van der Waals surface area (Å²) in [6.07, 6.45) is 0.993. The molecule has 0 fully saturated rings. The molecule has 1 aromatic carbocycles. The van der Waals surface area contributed by atoms with Gasteiger partial charge in [0.1, 0.15) is 0 Å². The molecule has 1 aromatic rings. The van der Waals surface area contributed by atoms with E-state index in [2.05, 4.69) is 0 Å². The lowest BCUT2D eigenvalue weighted by Crippen LogP contribution is -2.01. The summed E-state index contributed by atoms with van der Waals surface area (Å²) < 4.78 is 22.5. The van der Waals surface area contributed by atoms with Crippen molar-refractivity contribution in [2.45, 2.75) is 4.90 Å². The molecule has 0 N–H and O–H groups in total. The number of halogens is 3. The molecule has 0 saturated carbocycles. The second-order valence-corrected chi connectivity index (χ2v) is 5.87. The Labute approximate surface area is 102 Å². The van der Waals surface area contributed by atoms with Gasteiger partial charge in [-0.25, -0.2) is 8.42 Å². The van der Waals surface area contributed by atoms with Crippen molar-refractivity contribution in [1.29, 1.82) is 0 Å². The van der Waals surface area contributed by atoms with Crippen LogP contribution in [0.1, 0.15) is 10.4 Å². The average Bonchev–Trinajstić information content (AvgIpc) is 2.06. The standard InChI is InChI=1S/C8H5Cl3O3S/c1-15(13,14)5-3-2-4(8(11)12)6(9)7(5)10/h2-3H,1H3. The van der Waals surface area contributed by atoms with Crippen molar-refractivity contribution in [3.05, 3.63) is 27.7 Å². The summed E-state index contributed by atoms with van der Waals surface area (Å²) in [7, 11) is -3.47. The molecule has 3 nitrogen and oxygen atoms in total. The van der Waals surface area contributed by atoms with Crippen molar-refractivity contribution in [2.75, 3.05) is 6.26 Å². The Morgan fingerprint density at radius 1 is 1.20 bits per heavy atom. The molecule has 0 aliphatic rings. The number of hydrogen-bond donors (Lipinski definition) is 0. The summed E-state index contributed by atoms with van der Waals surface area (Å²) >= 11 is 16.6. The van der Waals surface area contributed by atoms with E-state index in [9.17, 15) is 13.2 Å². The van der Waals surface area contributed by atoms with E-state index in [1.165, 1.54) is 12.1 Å². The van der Waals surface area contributed by atoms with Crippen LogP contribution < -0.4 is 0 Å². The second kappa shape index (κ2) is 4.29. The molecule has 15 heavy (non-hydrogen) atoms. The summed E-state index contributed by atoms with van der Waals surface area (Å²) in [6.45, 7) is 0. The van der Waals surface area contributed by atoms with Gasteiger partial charge in [-0.2, -0.15) is 0 Å². The molecular weight excluding hydrogens is 283 g/mol. The van der Waals surface area contributed by atoms with E-state index in [0.717, 1.165) is 6.26 Å². The van der Waals surface area contributed by atoms with E-state index < -0.39 is 15.1 Å². The van der Waals surface area contributed by atoms with Crippen molar-refractivity contribution >= 4 is 49.9 Å². The summed E-state index contributed by atoms with van der Waals surface area (Å²) in [6, 6.07) is 2.42. The van der Waals surface area contributed by atoms with Gasteiger partial charge in [0, 0.05) is 6.26 Å². The summed E-state index contributed by atoms with van der Waals surface area (Å²) in [5.74, 6) is 0. The van der Waals surface area contributed by atoms with E-state index in [1.807, 2.05) is 0 Å². The topological polar surface area (TPSA) is 51.2 Å². The quantitative estimate of drug-likeness (QED) is 0.786. The lowest BCUT2D eigenvalue weighted by atomic mass is 10.2. The van der Waals surface area contributed by atoms with Gasteiger partial charge in [-0.15, -0.1) is 0 Å². The molecule has 0 atom stereocenters. The maximum atomic E-state index is 11.2. The number of carbonyl (C=O) groups is 1. The van der Waals surface area contributed by atoms with Gasteiger partial charge in [-0.05, 0) is 23.7 Å². The van der Waals surface area contributed by atoms with E-state index in [1.54, 1.807) is 0 Å². The van der Waals surface area contributed by atoms with Crippen LogP contribution in [0.5, 0.6) is 0 Å². The predicted molar refractivity (Wildman–Crippen MR) is 59.8 cm³/mol. The van der Waals surface area contributed by atoms with Crippen molar-refractivity contribution < 1.29 is 13.2 Å². The van der Waals surface area contributed by atoms with Crippen LogP contribution in [-0.4, -0.2) is 19.9 Å². The molecule has 0 bridgehead atoms. The monoisotopic (exact) mass is 286 g/mol. The lowest BCUT2D eigenvalue weighted by Gasteiger charge is -2.05. The molecule has 0 spiro atoms. The Kier molecular flexibility index (Phi) is 3.66. The van der Waals surface area contributed by atoms with Crippen molar-refractivity contribution in [3.63, 3.8) is 0 Å².